The van der Waals surface area contributed by atoms with Crippen molar-refractivity contribution in [2.75, 3.05) is 4.72 Å². The summed E-state index contributed by atoms with van der Waals surface area (Å²) in [5, 5.41) is 7.89. The standard InChI is InChI=1S/C12H7F2N3O2S/c13-10-4-3-9(6-8(10)7-15)17-20(18,19)12-11(14)2-1-5-16-12/h1-6,17H. The molecule has 0 radical (unpaired) electrons. The minimum atomic E-state index is -4.25. The third-order valence-corrected chi connectivity index (χ3v) is 3.63. The number of anilines is 1. The van der Waals surface area contributed by atoms with Crippen molar-refractivity contribution in [3.8, 4) is 6.07 Å². The molecule has 0 atom stereocenters. The number of sulfonamides is 1. The first kappa shape index (κ1) is 13.9. The molecule has 5 nitrogen and oxygen atoms in total. The number of nitrogens with one attached hydrogen (secondary N) is 1. The maximum atomic E-state index is 13.4. The maximum Gasteiger partial charge on any atom is 0.282 e. The van der Waals surface area contributed by atoms with Gasteiger partial charge in [-0.15, -0.1) is 0 Å². The summed E-state index contributed by atoms with van der Waals surface area (Å²) < 4.78 is 52.4. The molecule has 1 aromatic carbocycles. The number of nitriles is 1. The Kier molecular flexibility index (Phi) is 3.63. The minimum Gasteiger partial charge on any atom is -0.278 e. The van der Waals surface area contributed by atoms with E-state index in [1.807, 2.05) is 4.72 Å². The number of aromatic nitrogens is 1. The molecule has 1 heterocycles. The summed E-state index contributed by atoms with van der Waals surface area (Å²) in [6.45, 7) is 0. The summed E-state index contributed by atoms with van der Waals surface area (Å²) in [6.07, 6.45) is 1.13. The van der Waals surface area contributed by atoms with Crippen LogP contribution in [0.3, 0.4) is 0 Å². The summed E-state index contributed by atoms with van der Waals surface area (Å²) in [4.78, 5) is 3.44. The van der Waals surface area contributed by atoms with Gasteiger partial charge in [-0.1, -0.05) is 0 Å². The van der Waals surface area contributed by atoms with E-state index in [9.17, 15) is 17.2 Å². The zero-order chi connectivity index (χ0) is 14.8. The van der Waals surface area contributed by atoms with Crippen molar-refractivity contribution < 1.29 is 17.2 Å². The first-order valence-electron chi connectivity index (χ1n) is 5.27. The van der Waals surface area contributed by atoms with Crippen molar-refractivity contribution in [1.29, 1.82) is 5.26 Å². The maximum absolute atomic E-state index is 13.4. The van der Waals surface area contributed by atoms with Crippen LogP contribution in [0, 0.1) is 23.0 Å². The minimum absolute atomic E-state index is 0.0620. The quantitative estimate of drug-likeness (QED) is 0.939. The van der Waals surface area contributed by atoms with Crippen LogP contribution in [0.15, 0.2) is 41.6 Å². The van der Waals surface area contributed by atoms with E-state index in [0.717, 1.165) is 30.5 Å². The molecule has 1 N–H and O–H groups in total. The van der Waals surface area contributed by atoms with E-state index in [4.69, 9.17) is 5.26 Å². The van der Waals surface area contributed by atoms with Gasteiger partial charge >= 0.3 is 0 Å². The Bertz CT molecular complexity index is 801. The molecule has 0 saturated heterocycles. The van der Waals surface area contributed by atoms with Crippen molar-refractivity contribution in [3.05, 3.63) is 53.7 Å². The highest BCUT2D eigenvalue weighted by molar-refractivity contribution is 7.92. The number of benzene rings is 1. The number of rotatable bonds is 3. The van der Waals surface area contributed by atoms with E-state index in [2.05, 4.69) is 4.98 Å². The molecule has 2 rings (SSSR count). The van der Waals surface area contributed by atoms with Crippen LogP contribution in [0.5, 0.6) is 0 Å². The molecule has 8 heteroatoms. The van der Waals surface area contributed by atoms with E-state index >= 15 is 0 Å². The Labute approximate surface area is 113 Å². The van der Waals surface area contributed by atoms with Crippen LogP contribution >= 0.6 is 0 Å². The van der Waals surface area contributed by atoms with Gasteiger partial charge in [0.25, 0.3) is 10.0 Å². The van der Waals surface area contributed by atoms with Gasteiger partial charge < -0.3 is 0 Å². The van der Waals surface area contributed by atoms with Gasteiger partial charge in [0.15, 0.2) is 5.82 Å². The first-order chi connectivity index (χ1) is 9.44. The lowest BCUT2D eigenvalue weighted by Crippen LogP contribution is -2.16. The molecule has 0 aliphatic carbocycles. The summed E-state index contributed by atoms with van der Waals surface area (Å²) in [6, 6.07) is 6.84. The molecule has 102 valence electrons. The summed E-state index contributed by atoms with van der Waals surface area (Å²) in [5.74, 6) is -1.79. The second-order valence-electron chi connectivity index (χ2n) is 3.70. The van der Waals surface area contributed by atoms with Crippen LogP contribution in [0.4, 0.5) is 14.5 Å². The van der Waals surface area contributed by atoms with Crippen LogP contribution in [0.2, 0.25) is 0 Å². The Hall–Kier alpha value is -2.53. The molecule has 1 aromatic heterocycles. The molecule has 20 heavy (non-hydrogen) atoms. The molecule has 2 aromatic rings. The highest BCUT2D eigenvalue weighted by Gasteiger charge is 2.20. The van der Waals surface area contributed by atoms with Gasteiger partial charge in [-0.25, -0.2) is 13.8 Å². The molecular formula is C12H7F2N3O2S. The average Bonchev–Trinajstić information content (AvgIpc) is 2.41. The van der Waals surface area contributed by atoms with Crippen LogP contribution in [-0.4, -0.2) is 13.4 Å². The Morgan fingerprint density at radius 2 is 1.95 bits per heavy atom. The fourth-order valence-electron chi connectivity index (χ4n) is 1.45. The van der Waals surface area contributed by atoms with Crippen LogP contribution in [0.1, 0.15) is 5.56 Å². The molecule has 0 unspecified atom stereocenters. The molecular weight excluding hydrogens is 288 g/mol. The van der Waals surface area contributed by atoms with E-state index in [1.54, 1.807) is 6.07 Å². The number of halogens is 2. The van der Waals surface area contributed by atoms with Crippen molar-refractivity contribution in [3.63, 3.8) is 0 Å². The van der Waals surface area contributed by atoms with E-state index < -0.39 is 26.7 Å². The van der Waals surface area contributed by atoms with Gasteiger partial charge in [-0.3, -0.25) is 4.72 Å². The van der Waals surface area contributed by atoms with Gasteiger partial charge in [-0.2, -0.15) is 13.7 Å². The van der Waals surface area contributed by atoms with Crippen molar-refractivity contribution in [1.82, 2.24) is 4.98 Å². The second kappa shape index (κ2) is 5.22. The molecule has 0 amide bonds. The average molecular weight is 295 g/mol. The van der Waals surface area contributed by atoms with Gasteiger partial charge in [0.2, 0.25) is 5.03 Å². The Balaban J connectivity index is 2.39. The largest absolute Gasteiger partial charge is 0.282 e. The smallest absolute Gasteiger partial charge is 0.278 e. The Morgan fingerprint density at radius 3 is 2.60 bits per heavy atom. The van der Waals surface area contributed by atoms with Gasteiger partial charge in [0.1, 0.15) is 11.9 Å². The predicted molar refractivity (Wildman–Crippen MR) is 66.1 cm³/mol. The normalized spacial score (nSPS) is 10.8. The lowest BCUT2D eigenvalue weighted by atomic mass is 10.2. The zero-order valence-electron chi connectivity index (χ0n) is 9.84. The highest BCUT2D eigenvalue weighted by atomic mass is 32.2. The van der Waals surface area contributed by atoms with Gasteiger partial charge in [0.05, 0.1) is 11.3 Å². The summed E-state index contributed by atoms with van der Waals surface area (Å²) >= 11 is 0. The Morgan fingerprint density at radius 1 is 1.20 bits per heavy atom. The lowest BCUT2D eigenvalue weighted by molar-refractivity contribution is 0.556. The molecule has 0 fully saturated rings. The van der Waals surface area contributed by atoms with Crippen LogP contribution in [-0.2, 0) is 10.0 Å². The summed E-state index contributed by atoms with van der Waals surface area (Å²) in [7, 11) is -4.25. The monoisotopic (exact) mass is 295 g/mol. The second-order valence-corrected chi connectivity index (χ2v) is 5.30. The summed E-state index contributed by atoms with van der Waals surface area (Å²) in [5.41, 5.74) is -0.389. The van der Waals surface area contributed by atoms with E-state index in [0.29, 0.717) is 0 Å². The number of hydrogen-bond acceptors (Lipinski definition) is 4. The predicted octanol–water partition coefficient (Wildman–Crippen LogP) is 2.03. The van der Waals surface area contributed by atoms with Crippen molar-refractivity contribution in [2.45, 2.75) is 5.03 Å². The molecule has 0 aliphatic rings. The third kappa shape index (κ3) is 2.73. The number of nitrogens with zero attached hydrogens (tertiary/aromatic N) is 2. The first-order valence-corrected chi connectivity index (χ1v) is 6.75. The molecule has 0 spiro atoms. The molecule has 0 aliphatic heterocycles. The van der Waals surface area contributed by atoms with E-state index in [1.165, 1.54) is 6.07 Å². The fraction of sp³-hybridized carbons (Fsp3) is 0. The zero-order valence-corrected chi connectivity index (χ0v) is 10.7. The SMILES string of the molecule is N#Cc1cc(NS(=O)(=O)c2ncccc2F)ccc1F. The van der Waals surface area contributed by atoms with E-state index in [-0.39, 0.29) is 11.3 Å². The topological polar surface area (TPSA) is 82.9 Å². The lowest BCUT2D eigenvalue weighted by Gasteiger charge is -2.08. The van der Waals surface area contributed by atoms with Crippen LogP contribution < -0.4 is 4.72 Å². The molecule has 0 saturated carbocycles. The fourth-order valence-corrected chi connectivity index (χ4v) is 2.51. The third-order valence-electron chi connectivity index (χ3n) is 2.32. The van der Waals surface area contributed by atoms with Crippen molar-refractivity contribution >= 4 is 15.7 Å². The highest BCUT2D eigenvalue weighted by Crippen LogP contribution is 2.19. The number of pyridine rings is 1. The molecule has 0 bridgehead atoms. The van der Waals surface area contributed by atoms with Crippen molar-refractivity contribution in [2.24, 2.45) is 0 Å². The number of hydrogen-bond donors (Lipinski definition) is 1. The van der Waals surface area contributed by atoms with Gasteiger partial charge in [-0.05, 0) is 30.3 Å². The van der Waals surface area contributed by atoms with Crippen LogP contribution in [0.25, 0.3) is 0 Å². The van der Waals surface area contributed by atoms with Gasteiger partial charge in [0, 0.05) is 6.20 Å².